The quantitative estimate of drug-likeness (QED) is 0.533. The highest BCUT2D eigenvalue weighted by Crippen LogP contribution is 2.24. The molecule has 0 aliphatic rings. The van der Waals surface area contributed by atoms with Crippen molar-refractivity contribution in [3.8, 4) is 11.5 Å². The molecule has 0 radical (unpaired) electrons. The number of thiocarbonyl (C=S) groups is 1. The highest BCUT2D eigenvalue weighted by molar-refractivity contribution is 7.80. The van der Waals surface area contributed by atoms with E-state index in [4.69, 9.17) is 33.3 Å². The zero-order valence-corrected chi connectivity index (χ0v) is 16.5. The maximum absolute atomic E-state index is 14.1. The first-order valence-corrected chi connectivity index (χ1v) is 9.07. The van der Waals surface area contributed by atoms with Gasteiger partial charge in [0.1, 0.15) is 18.2 Å². The lowest BCUT2D eigenvalue weighted by molar-refractivity contribution is 0.300. The molecule has 2 aromatic carbocycles. The molecule has 0 saturated carbocycles. The number of rotatable bonds is 6. The zero-order valence-electron chi connectivity index (χ0n) is 14.9. The van der Waals surface area contributed by atoms with Gasteiger partial charge < -0.3 is 20.1 Å². The minimum Gasteiger partial charge on any atom is -0.497 e. The Hall–Kier alpha value is -2.90. The number of anilines is 2. The predicted molar refractivity (Wildman–Crippen MR) is 113 cm³/mol. The van der Waals surface area contributed by atoms with E-state index in [9.17, 15) is 4.39 Å². The van der Waals surface area contributed by atoms with Gasteiger partial charge in [0.05, 0.1) is 7.11 Å². The highest BCUT2D eigenvalue weighted by Gasteiger charge is 2.10. The van der Waals surface area contributed by atoms with Crippen molar-refractivity contribution in [3.63, 3.8) is 0 Å². The molecule has 0 atom stereocenters. The molecular formula is C20H17ClFN3O2S. The van der Waals surface area contributed by atoms with Gasteiger partial charge in [-0.2, -0.15) is 0 Å². The standard InChI is InChI=1S/C20H17ClFN3O2S/c1-26-16-9-4-13(17(22)11-16)12-27-18-3-2-10-23-19(18)25-20(28)24-15-7-5-14(21)6-8-15/h2-11H,12H2,1H3,(H2,23,24,25,28). The van der Waals surface area contributed by atoms with Crippen LogP contribution in [-0.4, -0.2) is 17.2 Å². The van der Waals surface area contributed by atoms with Crippen molar-refractivity contribution in [2.24, 2.45) is 0 Å². The van der Waals surface area contributed by atoms with Gasteiger partial charge in [-0.1, -0.05) is 11.6 Å². The molecule has 3 rings (SSSR count). The summed E-state index contributed by atoms with van der Waals surface area (Å²) in [6.07, 6.45) is 1.61. The molecule has 0 amide bonds. The maximum Gasteiger partial charge on any atom is 0.176 e. The van der Waals surface area contributed by atoms with E-state index in [1.54, 1.807) is 54.7 Å². The molecule has 0 aliphatic carbocycles. The van der Waals surface area contributed by atoms with Crippen LogP contribution < -0.4 is 20.1 Å². The van der Waals surface area contributed by atoms with Crippen molar-refractivity contribution >= 4 is 40.4 Å². The molecule has 28 heavy (non-hydrogen) atoms. The number of methoxy groups -OCH3 is 1. The Morgan fingerprint density at radius 1 is 1.14 bits per heavy atom. The van der Waals surface area contributed by atoms with Crippen molar-refractivity contribution in [1.29, 1.82) is 0 Å². The Kier molecular flexibility index (Phi) is 6.62. The highest BCUT2D eigenvalue weighted by atomic mass is 35.5. The number of halogens is 2. The summed E-state index contributed by atoms with van der Waals surface area (Å²) < 4.78 is 24.8. The zero-order chi connectivity index (χ0) is 19.9. The first-order chi connectivity index (χ1) is 13.5. The van der Waals surface area contributed by atoms with Crippen LogP contribution in [-0.2, 0) is 6.61 Å². The molecule has 1 heterocycles. The van der Waals surface area contributed by atoms with Crippen LogP contribution in [0.5, 0.6) is 11.5 Å². The third-order valence-corrected chi connectivity index (χ3v) is 4.20. The van der Waals surface area contributed by atoms with E-state index in [-0.39, 0.29) is 6.61 Å². The van der Waals surface area contributed by atoms with Gasteiger partial charge in [-0.25, -0.2) is 9.37 Å². The number of nitrogens with one attached hydrogen (secondary N) is 2. The summed E-state index contributed by atoms with van der Waals surface area (Å²) in [4.78, 5) is 4.24. The first kappa shape index (κ1) is 19.9. The first-order valence-electron chi connectivity index (χ1n) is 8.29. The molecule has 0 spiro atoms. The van der Waals surface area contributed by atoms with Crippen LogP contribution >= 0.6 is 23.8 Å². The largest absolute Gasteiger partial charge is 0.497 e. The summed E-state index contributed by atoms with van der Waals surface area (Å²) in [7, 11) is 1.49. The van der Waals surface area contributed by atoms with E-state index in [0.29, 0.717) is 33.0 Å². The lowest BCUT2D eigenvalue weighted by Crippen LogP contribution is -2.20. The summed E-state index contributed by atoms with van der Waals surface area (Å²) >= 11 is 11.2. The van der Waals surface area contributed by atoms with Crippen molar-refractivity contribution in [2.75, 3.05) is 17.7 Å². The van der Waals surface area contributed by atoms with Crippen molar-refractivity contribution in [3.05, 3.63) is 77.2 Å². The number of hydrogen-bond donors (Lipinski definition) is 2. The molecule has 3 aromatic rings. The SMILES string of the molecule is COc1ccc(COc2cccnc2NC(=S)Nc2ccc(Cl)cc2)c(F)c1. The van der Waals surface area contributed by atoms with Gasteiger partial charge in [0, 0.05) is 28.5 Å². The van der Waals surface area contributed by atoms with E-state index in [1.807, 2.05) is 0 Å². The van der Waals surface area contributed by atoms with E-state index in [1.165, 1.54) is 13.2 Å². The van der Waals surface area contributed by atoms with Crippen molar-refractivity contribution in [1.82, 2.24) is 4.98 Å². The Labute approximate surface area is 172 Å². The third kappa shape index (κ3) is 5.31. The minimum atomic E-state index is -0.405. The van der Waals surface area contributed by atoms with Gasteiger partial charge in [-0.15, -0.1) is 0 Å². The predicted octanol–water partition coefficient (Wildman–Crippen LogP) is 5.27. The number of aromatic nitrogens is 1. The molecule has 5 nitrogen and oxygen atoms in total. The normalized spacial score (nSPS) is 10.2. The fraction of sp³-hybridized carbons (Fsp3) is 0.100. The van der Waals surface area contributed by atoms with Crippen LogP contribution in [0.4, 0.5) is 15.9 Å². The molecule has 0 bridgehead atoms. The summed E-state index contributed by atoms with van der Waals surface area (Å²) in [5, 5.41) is 6.98. The fourth-order valence-corrected chi connectivity index (χ4v) is 2.67. The van der Waals surface area contributed by atoms with Gasteiger partial charge in [0.25, 0.3) is 0 Å². The lowest BCUT2D eigenvalue weighted by Gasteiger charge is -2.14. The molecule has 2 N–H and O–H groups in total. The average Bonchev–Trinajstić information content (AvgIpc) is 2.69. The van der Waals surface area contributed by atoms with Crippen LogP contribution in [0.15, 0.2) is 60.8 Å². The van der Waals surface area contributed by atoms with Gasteiger partial charge in [-0.3, -0.25) is 0 Å². The van der Waals surface area contributed by atoms with Gasteiger partial charge in [0.15, 0.2) is 16.7 Å². The maximum atomic E-state index is 14.1. The molecule has 0 aliphatic heterocycles. The number of pyridine rings is 1. The number of ether oxygens (including phenoxy) is 2. The van der Waals surface area contributed by atoms with Gasteiger partial charge in [-0.05, 0) is 60.7 Å². The molecule has 144 valence electrons. The third-order valence-electron chi connectivity index (χ3n) is 3.75. The lowest BCUT2D eigenvalue weighted by atomic mass is 10.2. The van der Waals surface area contributed by atoms with Crippen LogP contribution in [0.2, 0.25) is 5.02 Å². The second-order valence-electron chi connectivity index (χ2n) is 5.68. The van der Waals surface area contributed by atoms with Gasteiger partial charge >= 0.3 is 0 Å². The molecule has 0 fully saturated rings. The molecule has 1 aromatic heterocycles. The average molecular weight is 418 g/mol. The summed E-state index contributed by atoms with van der Waals surface area (Å²) in [6.45, 7) is 0.0353. The monoisotopic (exact) mass is 417 g/mol. The number of benzene rings is 2. The summed E-state index contributed by atoms with van der Waals surface area (Å²) in [5.41, 5.74) is 1.18. The molecule has 0 unspecified atom stereocenters. The number of nitrogens with zero attached hydrogens (tertiary/aromatic N) is 1. The van der Waals surface area contributed by atoms with Crippen molar-refractivity contribution < 1.29 is 13.9 Å². The van der Waals surface area contributed by atoms with E-state index in [0.717, 1.165) is 5.69 Å². The van der Waals surface area contributed by atoms with Gasteiger partial charge in [0.2, 0.25) is 0 Å². The molecule has 8 heteroatoms. The van der Waals surface area contributed by atoms with E-state index in [2.05, 4.69) is 15.6 Å². The number of hydrogen-bond acceptors (Lipinski definition) is 4. The molecular weight excluding hydrogens is 401 g/mol. The Balaban J connectivity index is 1.65. The summed E-state index contributed by atoms with van der Waals surface area (Å²) in [5.74, 6) is 0.905. The van der Waals surface area contributed by atoms with Crippen LogP contribution in [0.3, 0.4) is 0 Å². The topological polar surface area (TPSA) is 55.4 Å². The Bertz CT molecular complexity index is 970. The van der Waals surface area contributed by atoms with Crippen molar-refractivity contribution in [2.45, 2.75) is 6.61 Å². The fourth-order valence-electron chi connectivity index (χ4n) is 2.33. The van der Waals surface area contributed by atoms with Crippen LogP contribution in [0.1, 0.15) is 5.56 Å². The second kappa shape index (κ2) is 9.34. The smallest absolute Gasteiger partial charge is 0.176 e. The molecule has 0 saturated heterocycles. The van der Waals surface area contributed by atoms with E-state index >= 15 is 0 Å². The van der Waals surface area contributed by atoms with E-state index < -0.39 is 5.82 Å². The summed E-state index contributed by atoms with van der Waals surface area (Å²) in [6, 6.07) is 15.2. The Morgan fingerprint density at radius 3 is 2.64 bits per heavy atom. The second-order valence-corrected chi connectivity index (χ2v) is 6.53. The Morgan fingerprint density at radius 2 is 1.93 bits per heavy atom. The van der Waals surface area contributed by atoms with Crippen LogP contribution in [0.25, 0.3) is 0 Å². The van der Waals surface area contributed by atoms with Crippen LogP contribution in [0, 0.1) is 5.82 Å². The minimum absolute atomic E-state index is 0.0353.